The Balaban J connectivity index is 1.36. The molecular weight excluding hydrogens is 368 g/mol. The molecule has 1 aliphatic rings. The van der Waals surface area contributed by atoms with E-state index in [0.717, 1.165) is 25.3 Å². The second-order valence-corrected chi connectivity index (χ2v) is 8.06. The van der Waals surface area contributed by atoms with Crippen LogP contribution in [0.3, 0.4) is 0 Å². The number of benzene rings is 1. The van der Waals surface area contributed by atoms with E-state index < -0.39 is 0 Å². The average molecular weight is 395 g/mol. The van der Waals surface area contributed by atoms with Crippen LogP contribution in [-0.2, 0) is 13.0 Å². The van der Waals surface area contributed by atoms with Crippen molar-refractivity contribution in [3.63, 3.8) is 0 Å². The van der Waals surface area contributed by atoms with Crippen molar-refractivity contribution in [1.29, 1.82) is 0 Å². The van der Waals surface area contributed by atoms with E-state index in [2.05, 4.69) is 46.0 Å². The van der Waals surface area contributed by atoms with Gasteiger partial charge in [0.2, 0.25) is 5.88 Å². The summed E-state index contributed by atoms with van der Waals surface area (Å²) >= 11 is 1.80. The molecule has 0 atom stereocenters. The molecule has 0 spiro atoms. The van der Waals surface area contributed by atoms with Gasteiger partial charge in [-0.3, -0.25) is 0 Å². The summed E-state index contributed by atoms with van der Waals surface area (Å²) in [6, 6.07) is 14.4. The molecule has 4 rings (SSSR count). The Kier molecular flexibility index (Phi) is 6.24. The van der Waals surface area contributed by atoms with Gasteiger partial charge in [-0.15, -0.1) is 11.3 Å². The van der Waals surface area contributed by atoms with Crippen molar-refractivity contribution in [1.82, 2.24) is 10.3 Å². The predicted molar refractivity (Wildman–Crippen MR) is 114 cm³/mol. The summed E-state index contributed by atoms with van der Waals surface area (Å²) in [6.07, 6.45) is 5.54. The molecule has 1 N–H and O–H groups in total. The first-order valence-electron chi connectivity index (χ1n) is 9.94. The van der Waals surface area contributed by atoms with Gasteiger partial charge in [-0.2, -0.15) is 0 Å². The molecule has 28 heavy (non-hydrogen) atoms. The van der Waals surface area contributed by atoms with Gasteiger partial charge in [0.25, 0.3) is 0 Å². The van der Waals surface area contributed by atoms with Crippen LogP contribution in [-0.4, -0.2) is 18.1 Å². The zero-order chi connectivity index (χ0) is 19.2. The highest BCUT2D eigenvalue weighted by Crippen LogP contribution is 2.40. The van der Waals surface area contributed by atoms with E-state index in [0.29, 0.717) is 24.2 Å². The molecule has 0 bridgehead atoms. The zero-order valence-electron chi connectivity index (χ0n) is 16.2. The molecule has 2 aromatic heterocycles. The molecule has 0 aliphatic heterocycles. The molecule has 1 aromatic carbocycles. The zero-order valence-corrected chi connectivity index (χ0v) is 17.0. The lowest BCUT2D eigenvalue weighted by molar-refractivity contribution is 0.319. The number of nitrogens with one attached hydrogen (secondary N) is 1. The van der Waals surface area contributed by atoms with E-state index in [1.165, 1.54) is 28.8 Å². The molecule has 1 saturated carbocycles. The van der Waals surface area contributed by atoms with Gasteiger partial charge in [0, 0.05) is 30.2 Å². The summed E-state index contributed by atoms with van der Waals surface area (Å²) in [5, 5.41) is 5.62. The molecule has 0 saturated heterocycles. The number of aromatic nitrogens is 1. The van der Waals surface area contributed by atoms with E-state index in [-0.39, 0.29) is 0 Å². The number of hydrogen-bond donors (Lipinski definition) is 1. The van der Waals surface area contributed by atoms with E-state index in [1.54, 1.807) is 11.3 Å². The minimum absolute atomic E-state index is 0.597. The van der Waals surface area contributed by atoms with Gasteiger partial charge in [0.05, 0.1) is 6.61 Å². The first-order chi connectivity index (χ1) is 13.8. The number of pyridine rings is 1. The van der Waals surface area contributed by atoms with Gasteiger partial charge in [-0.1, -0.05) is 18.2 Å². The van der Waals surface area contributed by atoms with Gasteiger partial charge in [0.15, 0.2) is 11.5 Å². The van der Waals surface area contributed by atoms with Gasteiger partial charge >= 0.3 is 0 Å². The lowest BCUT2D eigenvalue weighted by atomic mass is 10.2. The third kappa shape index (κ3) is 5.12. The fourth-order valence-electron chi connectivity index (χ4n) is 3.14. The number of rotatable bonds is 10. The molecule has 0 amide bonds. The van der Waals surface area contributed by atoms with Gasteiger partial charge in [0.1, 0.15) is 0 Å². The van der Waals surface area contributed by atoms with Crippen molar-refractivity contribution in [3.8, 4) is 17.4 Å². The van der Waals surface area contributed by atoms with Crippen molar-refractivity contribution < 1.29 is 9.47 Å². The Hall–Kier alpha value is -2.37. The van der Waals surface area contributed by atoms with Crippen molar-refractivity contribution in [2.45, 2.75) is 38.6 Å². The molecule has 5 heteroatoms. The number of hydrogen-bond acceptors (Lipinski definition) is 5. The molecule has 146 valence electrons. The molecular formula is C23H26N2O2S. The number of nitrogens with zero attached hydrogens (tertiary/aromatic N) is 1. The molecule has 0 unspecified atom stereocenters. The fourth-order valence-corrected chi connectivity index (χ4v) is 3.85. The molecule has 4 nitrogen and oxygen atoms in total. The Morgan fingerprint density at radius 2 is 2.07 bits per heavy atom. The summed E-state index contributed by atoms with van der Waals surface area (Å²) < 4.78 is 11.8. The van der Waals surface area contributed by atoms with Crippen molar-refractivity contribution in [2.24, 2.45) is 0 Å². The number of ether oxygens (including phenoxy) is 2. The maximum atomic E-state index is 5.99. The van der Waals surface area contributed by atoms with Crippen LogP contribution in [0, 0.1) is 0 Å². The van der Waals surface area contributed by atoms with E-state index in [4.69, 9.17) is 9.47 Å². The highest BCUT2D eigenvalue weighted by molar-refractivity contribution is 7.09. The van der Waals surface area contributed by atoms with Crippen molar-refractivity contribution >= 4 is 11.3 Å². The Morgan fingerprint density at radius 1 is 1.14 bits per heavy atom. The summed E-state index contributed by atoms with van der Waals surface area (Å²) in [6.45, 7) is 4.35. The third-order valence-electron chi connectivity index (χ3n) is 4.79. The maximum Gasteiger partial charge on any atom is 0.219 e. The summed E-state index contributed by atoms with van der Waals surface area (Å²) in [7, 11) is 0. The van der Waals surface area contributed by atoms with Crippen LogP contribution in [0.5, 0.6) is 17.4 Å². The van der Waals surface area contributed by atoms with E-state index in [1.807, 2.05) is 25.3 Å². The van der Waals surface area contributed by atoms with Crippen LogP contribution in [0.15, 0.2) is 54.0 Å². The van der Waals surface area contributed by atoms with Crippen LogP contribution in [0.25, 0.3) is 0 Å². The predicted octanol–water partition coefficient (Wildman–Crippen LogP) is 5.54. The maximum absolute atomic E-state index is 5.99. The van der Waals surface area contributed by atoms with Crippen LogP contribution in [0.1, 0.15) is 41.7 Å². The fraction of sp³-hybridized carbons (Fsp3) is 0.348. The summed E-state index contributed by atoms with van der Waals surface area (Å²) in [4.78, 5) is 5.86. The quantitative estimate of drug-likeness (QED) is 0.458. The standard InChI is InChI=1S/C23H26N2O2S/c1-2-26-22-14-17(15-24-12-11-20-4-3-13-28-20)5-9-21(22)27-23-10-8-19(16-25-23)18-6-7-18/h3-5,8-10,13-14,16,18,24H,2,6-7,11-12,15H2,1H3. The molecule has 1 fully saturated rings. The van der Waals surface area contributed by atoms with Crippen molar-refractivity contribution in [2.75, 3.05) is 13.2 Å². The first-order valence-corrected chi connectivity index (χ1v) is 10.8. The van der Waals surface area contributed by atoms with E-state index >= 15 is 0 Å². The van der Waals surface area contributed by atoms with Gasteiger partial charge < -0.3 is 14.8 Å². The van der Waals surface area contributed by atoms with Crippen LogP contribution >= 0.6 is 11.3 Å². The Labute approximate surface area is 170 Å². The summed E-state index contributed by atoms with van der Waals surface area (Å²) in [5.74, 6) is 2.77. The molecule has 0 radical (unpaired) electrons. The smallest absolute Gasteiger partial charge is 0.219 e. The highest BCUT2D eigenvalue weighted by Gasteiger charge is 2.23. The Morgan fingerprint density at radius 3 is 2.79 bits per heavy atom. The lowest BCUT2D eigenvalue weighted by Gasteiger charge is -2.13. The molecule has 2 heterocycles. The summed E-state index contributed by atoms with van der Waals surface area (Å²) in [5.41, 5.74) is 2.49. The van der Waals surface area contributed by atoms with Crippen LogP contribution in [0.4, 0.5) is 0 Å². The minimum Gasteiger partial charge on any atom is -0.490 e. The van der Waals surface area contributed by atoms with Crippen LogP contribution < -0.4 is 14.8 Å². The molecule has 3 aromatic rings. The van der Waals surface area contributed by atoms with Crippen molar-refractivity contribution in [3.05, 3.63) is 70.0 Å². The Bertz CT molecular complexity index is 874. The second kappa shape index (κ2) is 9.22. The lowest BCUT2D eigenvalue weighted by Crippen LogP contribution is -2.16. The third-order valence-corrected chi connectivity index (χ3v) is 5.72. The monoisotopic (exact) mass is 394 g/mol. The SMILES string of the molecule is CCOc1cc(CNCCc2cccs2)ccc1Oc1ccc(C2CC2)cn1. The highest BCUT2D eigenvalue weighted by atomic mass is 32.1. The van der Waals surface area contributed by atoms with Gasteiger partial charge in [-0.05, 0) is 66.8 Å². The second-order valence-electron chi connectivity index (χ2n) is 7.03. The largest absolute Gasteiger partial charge is 0.490 e. The van der Waals surface area contributed by atoms with E-state index in [9.17, 15) is 0 Å². The average Bonchev–Trinajstić information content (AvgIpc) is 3.44. The van der Waals surface area contributed by atoms with Crippen LogP contribution in [0.2, 0.25) is 0 Å². The minimum atomic E-state index is 0.597. The van der Waals surface area contributed by atoms with Gasteiger partial charge in [-0.25, -0.2) is 4.98 Å². The first kappa shape index (κ1) is 19.0. The number of thiophene rings is 1. The topological polar surface area (TPSA) is 43.4 Å². The normalized spacial score (nSPS) is 13.5. The molecule has 1 aliphatic carbocycles.